The van der Waals surface area contributed by atoms with Gasteiger partial charge in [-0.05, 0) is 50.2 Å². The Morgan fingerprint density at radius 3 is 1.36 bits per heavy atom. The molecule has 3 aromatic carbocycles. The number of nitrogens with two attached hydrogens (primary N) is 2. The van der Waals surface area contributed by atoms with E-state index in [9.17, 15) is 19.8 Å². The molecule has 0 saturated carbocycles. The van der Waals surface area contributed by atoms with Crippen LogP contribution in [0.25, 0.3) is 22.3 Å². The molecule has 0 unspecified atom stereocenters. The van der Waals surface area contributed by atoms with Gasteiger partial charge < -0.3 is 21.7 Å². The zero-order valence-electron chi connectivity index (χ0n) is 15.5. The van der Waals surface area contributed by atoms with Crippen LogP contribution < -0.4 is 11.5 Å². The van der Waals surface area contributed by atoms with Crippen LogP contribution in [0, 0.1) is 13.8 Å². The number of carbonyl (C=O) groups is 2. The summed E-state index contributed by atoms with van der Waals surface area (Å²) in [5, 5.41) is 21.0. The van der Waals surface area contributed by atoms with Gasteiger partial charge in [-0.3, -0.25) is 9.59 Å². The molecule has 3 rings (SSSR count). The highest BCUT2D eigenvalue weighted by Gasteiger charge is 2.25. The van der Waals surface area contributed by atoms with Gasteiger partial charge in [0.2, 0.25) is 11.8 Å². The van der Waals surface area contributed by atoms with Crippen molar-refractivity contribution < 1.29 is 19.8 Å². The first-order valence-electron chi connectivity index (χ1n) is 8.57. The lowest BCUT2D eigenvalue weighted by Gasteiger charge is -2.19. The molecular formula is C22H20N2O4. The van der Waals surface area contributed by atoms with Gasteiger partial charge in [0.15, 0.2) is 0 Å². The van der Waals surface area contributed by atoms with Crippen LogP contribution in [-0.4, -0.2) is 22.0 Å². The van der Waals surface area contributed by atoms with Gasteiger partial charge in [-0.25, -0.2) is 0 Å². The summed E-state index contributed by atoms with van der Waals surface area (Å²) < 4.78 is 0. The third-order valence-electron chi connectivity index (χ3n) is 4.58. The lowest BCUT2D eigenvalue weighted by atomic mass is 9.85. The highest BCUT2D eigenvalue weighted by atomic mass is 16.3. The molecule has 142 valence electrons. The molecule has 0 aliphatic carbocycles. The fourth-order valence-electron chi connectivity index (χ4n) is 3.27. The number of hydrogen-bond acceptors (Lipinski definition) is 4. The smallest absolute Gasteiger partial charge is 0.249 e. The minimum absolute atomic E-state index is 0.0943. The van der Waals surface area contributed by atoms with Gasteiger partial charge in [0.1, 0.15) is 11.5 Å². The van der Waals surface area contributed by atoms with E-state index in [1.807, 2.05) is 13.8 Å². The molecule has 0 atom stereocenters. The van der Waals surface area contributed by atoms with Crippen molar-refractivity contribution in [2.45, 2.75) is 13.8 Å². The Morgan fingerprint density at radius 1 is 0.679 bits per heavy atom. The molecule has 0 radical (unpaired) electrons. The Kier molecular flexibility index (Phi) is 4.79. The van der Waals surface area contributed by atoms with Crippen LogP contribution in [0.4, 0.5) is 0 Å². The van der Waals surface area contributed by atoms with E-state index in [2.05, 4.69) is 0 Å². The quantitative estimate of drug-likeness (QED) is 0.557. The van der Waals surface area contributed by atoms with Gasteiger partial charge in [-0.2, -0.15) is 0 Å². The maximum atomic E-state index is 12.2. The minimum atomic E-state index is -0.736. The van der Waals surface area contributed by atoms with Gasteiger partial charge in [0, 0.05) is 33.4 Å². The number of aryl methyl sites for hydroxylation is 2. The normalized spacial score (nSPS) is 10.6. The molecule has 0 bridgehead atoms. The fraction of sp³-hybridized carbons (Fsp3) is 0.0909. The summed E-state index contributed by atoms with van der Waals surface area (Å²) >= 11 is 0. The highest BCUT2D eigenvalue weighted by Crippen LogP contribution is 2.44. The van der Waals surface area contributed by atoms with Crippen LogP contribution in [-0.2, 0) is 0 Å². The Balaban J connectivity index is 2.57. The summed E-state index contributed by atoms with van der Waals surface area (Å²) in [7, 11) is 0. The monoisotopic (exact) mass is 376 g/mol. The maximum absolute atomic E-state index is 12.2. The molecule has 0 aliphatic heterocycles. The lowest BCUT2D eigenvalue weighted by Crippen LogP contribution is -2.17. The molecule has 0 aromatic heterocycles. The molecule has 3 aromatic rings. The van der Waals surface area contributed by atoms with Crippen molar-refractivity contribution in [1.82, 2.24) is 0 Å². The van der Waals surface area contributed by atoms with Crippen molar-refractivity contribution in [1.29, 1.82) is 0 Å². The number of rotatable bonds is 4. The first-order chi connectivity index (χ1) is 13.2. The number of hydrogen-bond donors (Lipinski definition) is 4. The standard InChI is InChI=1S/C22H20N2O4/c1-11-3-7-17(25)15(9-11)19-13(21(23)27)5-6-14(22(24)28)20(19)16-10-12(2)4-8-18(16)26/h3-10,25-26H,1-2H3,(H2,23,27)(H2,24,28). The second kappa shape index (κ2) is 7.08. The van der Waals surface area contributed by atoms with Crippen LogP contribution in [0.3, 0.4) is 0 Å². The molecule has 0 heterocycles. The summed E-state index contributed by atoms with van der Waals surface area (Å²) in [5.41, 5.74) is 14.1. The van der Waals surface area contributed by atoms with Crippen LogP contribution in [0.1, 0.15) is 31.8 Å². The number of phenols is 2. The molecule has 6 N–H and O–H groups in total. The number of phenolic OH excluding ortho intramolecular Hbond substituents is 2. The third kappa shape index (κ3) is 3.27. The number of carbonyl (C=O) groups excluding carboxylic acids is 2. The van der Waals surface area contributed by atoms with E-state index in [1.54, 1.807) is 24.3 Å². The zero-order chi connectivity index (χ0) is 20.6. The summed E-state index contributed by atoms with van der Waals surface area (Å²) in [6.45, 7) is 3.66. The number of amides is 2. The topological polar surface area (TPSA) is 127 Å². The molecule has 0 spiro atoms. The Labute approximate surface area is 162 Å². The van der Waals surface area contributed by atoms with E-state index in [0.717, 1.165) is 11.1 Å². The largest absolute Gasteiger partial charge is 0.507 e. The van der Waals surface area contributed by atoms with Crippen LogP contribution in [0.15, 0.2) is 48.5 Å². The predicted octanol–water partition coefficient (Wildman–Crippen LogP) is 3.25. The van der Waals surface area contributed by atoms with E-state index in [1.165, 1.54) is 24.3 Å². The lowest BCUT2D eigenvalue weighted by molar-refractivity contribution is 0.0989. The number of benzene rings is 3. The summed E-state index contributed by atoms with van der Waals surface area (Å²) in [6, 6.07) is 12.6. The van der Waals surface area contributed by atoms with Crippen LogP contribution in [0.2, 0.25) is 0 Å². The molecule has 6 heteroatoms. The van der Waals surface area contributed by atoms with E-state index in [0.29, 0.717) is 11.1 Å². The van der Waals surface area contributed by atoms with Gasteiger partial charge in [0.25, 0.3) is 0 Å². The summed E-state index contributed by atoms with van der Waals surface area (Å²) in [6.07, 6.45) is 0. The second-order valence-electron chi connectivity index (χ2n) is 6.68. The molecule has 6 nitrogen and oxygen atoms in total. The fourth-order valence-corrected chi connectivity index (χ4v) is 3.27. The van der Waals surface area contributed by atoms with E-state index >= 15 is 0 Å². The molecule has 0 fully saturated rings. The van der Waals surface area contributed by atoms with Crippen molar-refractivity contribution in [3.8, 4) is 33.8 Å². The minimum Gasteiger partial charge on any atom is -0.507 e. The van der Waals surface area contributed by atoms with Crippen molar-refractivity contribution in [3.63, 3.8) is 0 Å². The van der Waals surface area contributed by atoms with Crippen molar-refractivity contribution in [3.05, 3.63) is 70.8 Å². The van der Waals surface area contributed by atoms with Gasteiger partial charge in [-0.1, -0.05) is 23.3 Å². The highest BCUT2D eigenvalue weighted by molar-refractivity contribution is 6.11. The van der Waals surface area contributed by atoms with Crippen LogP contribution in [0.5, 0.6) is 11.5 Å². The summed E-state index contributed by atoms with van der Waals surface area (Å²) in [5.74, 6) is -1.66. The molecule has 0 saturated heterocycles. The van der Waals surface area contributed by atoms with Gasteiger partial charge >= 0.3 is 0 Å². The van der Waals surface area contributed by atoms with Crippen molar-refractivity contribution in [2.24, 2.45) is 11.5 Å². The molecule has 28 heavy (non-hydrogen) atoms. The summed E-state index contributed by atoms with van der Waals surface area (Å²) in [4.78, 5) is 24.3. The Morgan fingerprint density at radius 2 is 1.04 bits per heavy atom. The van der Waals surface area contributed by atoms with Gasteiger partial charge in [-0.15, -0.1) is 0 Å². The van der Waals surface area contributed by atoms with Gasteiger partial charge in [0.05, 0.1) is 0 Å². The van der Waals surface area contributed by atoms with Crippen LogP contribution >= 0.6 is 0 Å². The predicted molar refractivity (Wildman–Crippen MR) is 107 cm³/mol. The SMILES string of the molecule is Cc1ccc(O)c(-c2c(C(N)=O)ccc(C(N)=O)c2-c2cc(C)ccc2O)c1. The third-order valence-corrected chi connectivity index (χ3v) is 4.58. The number of aromatic hydroxyl groups is 2. The maximum Gasteiger partial charge on any atom is 0.249 e. The molecule has 2 amide bonds. The van der Waals surface area contributed by atoms with Crippen molar-refractivity contribution >= 4 is 11.8 Å². The van der Waals surface area contributed by atoms with E-state index in [4.69, 9.17) is 11.5 Å². The Hall–Kier alpha value is -3.80. The Bertz CT molecular complexity index is 1030. The van der Waals surface area contributed by atoms with E-state index < -0.39 is 11.8 Å². The first kappa shape index (κ1) is 19.0. The van der Waals surface area contributed by atoms with E-state index in [-0.39, 0.29) is 33.8 Å². The molecule has 0 aliphatic rings. The van der Waals surface area contributed by atoms with Crippen molar-refractivity contribution in [2.75, 3.05) is 0 Å². The average molecular weight is 376 g/mol. The molecular weight excluding hydrogens is 356 g/mol. The zero-order valence-corrected chi connectivity index (χ0v) is 15.5. The number of primary amides is 2. The second-order valence-corrected chi connectivity index (χ2v) is 6.68. The first-order valence-corrected chi connectivity index (χ1v) is 8.57. The average Bonchev–Trinajstić information content (AvgIpc) is 2.64.